The van der Waals surface area contributed by atoms with Crippen LogP contribution in [0.3, 0.4) is 0 Å². The number of carbonyl (C=O) groups excluding carboxylic acids is 5. The number of nitrogens with zero attached hydrogens (tertiary/aromatic N) is 10. The Hall–Kier alpha value is -10.5. The molecule has 5 amide bonds. The number of ether oxygens (including phenoxy) is 2. The zero-order valence-electron chi connectivity index (χ0n) is 67.6. The van der Waals surface area contributed by atoms with Crippen LogP contribution in [0.4, 0.5) is 10.3 Å². The molecule has 5 atom stereocenters. The van der Waals surface area contributed by atoms with E-state index in [2.05, 4.69) is 71.6 Å². The van der Waals surface area contributed by atoms with Crippen LogP contribution in [0.25, 0.3) is 32.2 Å². The minimum Gasteiger partial charge on any atom is -0.460 e. The van der Waals surface area contributed by atoms with Crippen molar-refractivity contribution in [1.82, 2.24) is 66.8 Å². The molecule has 642 valence electrons. The van der Waals surface area contributed by atoms with Crippen LogP contribution in [0.5, 0.6) is 0 Å². The third-order valence-corrected chi connectivity index (χ3v) is 28.7. The number of aromatic nitrogens is 7. The number of hydrogen-bond acceptors (Lipinski definition) is 24. The van der Waals surface area contributed by atoms with E-state index in [1.54, 1.807) is 97.0 Å². The molecule has 34 heteroatoms. The molecule has 5 aromatic carbocycles. The van der Waals surface area contributed by atoms with E-state index in [0.717, 1.165) is 120 Å². The average molecular weight is 1850 g/mol. The highest BCUT2D eigenvalue weighted by Crippen LogP contribution is 2.48. The van der Waals surface area contributed by atoms with Gasteiger partial charge in [0, 0.05) is 152 Å². The lowest BCUT2D eigenvalue weighted by molar-refractivity contribution is 0.0695. The first-order valence-corrected chi connectivity index (χ1v) is 45.6. The van der Waals surface area contributed by atoms with Gasteiger partial charge < -0.3 is 60.5 Å². The summed E-state index contributed by atoms with van der Waals surface area (Å²) in [6.07, 6.45) is 13.2. The van der Waals surface area contributed by atoms with Gasteiger partial charge in [-0.2, -0.15) is 20.4 Å². The summed E-state index contributed by atoms with van der Waals surface area (Å²) in [5.74, 6) is 0.987. The van der Waals surface area contributed by atoms with Crippen LogP contribution in [0, 0.1) is 0 Å². The van der Waals surface area contributed by atoms with Crippen molar-refractivity contribution in [1.29, 1.82) is 0 Å². The van der Waals surface area contributed by atoms with E-state index in [4.69, 9.17) is 76.9 Å². The molecule has 25 nitrogen and oxygen atoms in total. The predicted molar refractivity (Wildman–Crippen MR) is 489 cm³/mol. The highest BCUT2D eigenvalue weighted by Gasteiger charge is 2.46. The fourth-order valence-electron chi connectivity index (χ4n) is 16.2. The molecule has 0 spiro atoms. The standard InChI is InChI=1S/C19H23ClN4O2S.C19H15ClN2O2S.C18H14ClN3O2.C18H14ClN3OS.C17H18ClN3O3S/c1-23(2)19(13-3-5-14(20)6-4-13)7-8-21-17(25)15-16(19)22-18(27-15)24-9-11-26-12-10-24;20-14-3-1-13(2-4-14)19(24)7-10-22-18(23)17-15(19)11-16(25-17)12-5-8-21-9-6-12;2*19-13-3-1-11(2-4-13)14-6-7-20-18(23)15-9-16(24-17(14)15)12-5-8-21-22-10-12;18-12-3-1-11(2-4-12)17(23)5-6-19-15(22)13-14(17)20-16(25-13)21-7-9-24-10-8-21/h3-6H,7-12H2,1-2H3,(H,21,25);1-6,8-9,11,24H,7,10H2,(H,22,23);2*1-5,8-10,14H,6-7H2,(H,20,23);1-4,23H,5-10H2,(H,19,22). The van der Waals surface area contributed by atoms with Gasteiger partial charge in [0.2, 0.25) is 0 Å². The number of anilines is 2. The molecule has 2 saturated heterocycles. The normalized spacial score (nSPS) is 20.3. The number of furan rings is 1. The maximum atomic E-state index is 12.8. The Labute approximate surface area is 761 Å². The summed E-state index contributed by atoms with van der Waals surface area (Å²) >= 11 is 35.9. The van der Waals surface area contributed by atoms with E-state index in [0.29, 0.717) is 141 Å². The van der Waals surface area contributed by atoms with E-state index in [9.17, 15) is 34.2 Å². The number of thiazole rings is 2. The molecule has 7 N–H and O–H groups in total. The number of amides is 5. The second-order valence-electron chi connectivity index (χ2n) is 30.5. The van der Waals surface area contributed by atoms with Crippen LogP contribution in [0.2, 0.25) is 25.1 Å². The summed E-state index contributed by atoms with van der Waals surface area (Å²) in [6.45, 7) is 8.35. The first kappa shape index (κ1) is 88.0. The Balaban J connectivity index is 0.000000115. The van der Waals surface area contributed by atoms with E-state index in [1.807, 2.05) is 129 Å². The topological polar surface area (TPSA) is 318 Å². The van der Waals surface area contributed by atoms with Gasteiger partial charge in [0.05, 0.1) is 78.5 Å². The largest absolute Gasteiger partial charge is 0.460 e. The maximum Gasteiger partial charge on any atom is 0.263 e. The summed E-state index contributed by atoms with van der Waals surface area (Å²) < 4.78 is 16.9. The zero-order valence-corrected chi connectivity index (χ0v) is 74.6. The fourth-order valence-corrected chi connectivity index (χ4v) is 21.5. The number of morpholine rings is 2. The maximum absolute atomic E-state index is 12.8. The lowest BCUT2D eigenvalue weighted by atomic mass is 9.82. The monoisotopic (exact) mass is 1850 g/mol. The quantitative estimate of drug-likeness (QED) is 0.0633. The van der Waals surface area contributed by atoms with Gasteiger partial charge in [-0.25, -0.2) is 9.97 Å². The molecule has 2 fully saturated rings. The van der Waals surface area contributed by atoms with Gasteiger partial charge in [-0.05, 0) is 170 Å². The number of hydrogen-bond donors (Lipinski definition) is 7. The van der Waals surface area contributed by atoms with Crippen LogP contribution in [0.1, 0.15) is 149 Å². The third kappa shape index (κ3) is 19.3. The average Bonchev–Trinajstić information content (AvgIpc) is 1.60. The zero-order chi connectivity index (χ0) is 86.9. The Morgan fingerprint density at radius 1 is 0.432 bits per heavy atom. The smallest absolute Gasteiger partial charge is 0.263 e. The molecule has 8 aromatic heterocycles. The van der Waals surface area contributed by atoms with E-state index in [1.165, 1.54) is 39.6 Å². The van der Waals surface area contributed by atoms with Crippen LogP contribution >= 0.6 is 103 Å². The van der Waals surface area contributed by atoms with Crippen molar-refractivity contribution < 1.29 is 48.1 Å². The van der Waals surface area contributed by atoms with Crippen molar-refractivity contribution in [2.24, 2.45) is 0 Å². The summed E-state index contributed by atoms with van der Waals surface area (Å²) in [4.78, 5) is 87.5. The summed E-state index contributed by atoms with van der Waals surface area (Å²) in [5.41, 5.74) is 7.68. The molecule has 0 aliphatic carbocycles. The summed E-state index contributed by atoms with van der Waals surface area (Å²) in [7, 11) is 4.09. The number of thiophene rings is 2. The number of rotatable bonds is 11. The van der Waals surface area contributed by atoms with Crippen LogP contribution < -0.4 is 36.4 Å². The van der Waals surface area contributed by atoms with Crippen molar-refractivity contribution in [2.45, 2.75) is 60.7 Å². The highest BCUT2D eigenvalue weighted by atomic mass is 35.5. The Bertz CT molecular complexity index is 5840. The van der Waals surface area contributed by atoms with Crippen LogP contribution in [-0.4, -0.2) is 179 Å². The van der Waals surface area contributed by atoms with Gasteiger partial charge in [0.25, 0.3) is 29.5 Å². The van der Waals surface area contributed by atoms with Crippen LogP contribution in [-0.2, 0) is 26.2 Å². The molecule has 0 radical (unpaired) electrons. The van der Waals surface area contributed by atoms with Crippen molar-refractivity contribution in [2.75, 3.05) is 109 Å². The Morgan fingerprint density at radius 2 is 0.872 bits per heavy atom. The lowest BCUT2D eigenvalue weighted by Crippen LogP contribution is -2.44. The molecule has 15 heterocycles. The first-order valence-electron chi connectivity index (χ1n) is 40.5. The first-order chi connectivity index (χ1) is 60.6. The number of aliphatic hydroxyl groups is 2. The number of fused-ring (bicyclic) bond motifs is 5. The molecule has 7 aliphatic heterocycles. The van der Waals surface area contributed by atoms with Gasteiger partial charge >= 0.3 is 0 Å². The number of benzene rings is 5. The van der Waals surface area contributed by atoms with Crippen LogP contribution in [0.15, 0.2) is 205 Å². The van der Waals surface area contributed by atoms with Gasteiger partial charge in [-0.3, -0.25) is 33.9 Å². The minimum atomic E-state index is -1.32. The number of halogens is 5. The van der Waals surface area contributed by atoms with E-state index < -0.39 is 16.7 Å². The minimum absolute atomic E-state index is 0.000219. The Morgan fingerprint density at radius 3 is 1.41 bits per heavy atom. The fraction of sp³-hybridized carbons (Fsp3) is 0.275. The number of nitrogens with one attached hydrogen (secondary N) is 5. The lowest BCUT2D eigenvalue weighted by Gasteiger charge is -2.39. The van der Waals surface area contributed by atoms with Gasteiger partial charge in [-0.1, -0.05) is 141 Å². The second kappa shape index (κ2) is 39.2. The Kier molecular flexibility index (Phi) is 27.6. The second-order valence-corrected chi connectivity index (χ2v) is 36.8. The van der Waals surface area contributed by atoms with Gasteiger partial charge in [0.1, 0.15) is 38.2 Å². The summed E-state index contributed by atoms with van der Waals surface area (Å²) in [5, 5.41) is 58.0. The van der Waals surface area contributed by atoms with Gasteiger partial charge in [-0.15, -0.1) is 22.7 Å². The predicted octanol–water partition coefficient (Wildman–Crippen LogP) is 16.2. The van der Waals surface area contributed by atoms with E-state index >= 15 is 0 Å². The molecule has 5 unspecified atom stereocenters. The third-order valence-electron chi connectivity index (χ3n) is 22.7. The molecular formula is C91H84Cl5N15O10S4. The SMILES string of the molecule is CN(C)C1(c2ccc(Cl)cc2)CCNC(=O)c2sc(N3CCOCC3)nc21.O=C1NCCC(O)(c2ccc(Cl)cc2)c2cc(-c3ccncc3)sc21.O=C1NCCC(O)(c2ccc(Cl)cc2)c2nc(N3CCOCC3)sc21.O=C1NCCC(c2ccc(Cl)cc2)c2oc(-c3ccnnc3)cc21.O=C1NCCC(c2ccc(Cl)cc2)c2sc(-c3ccnnc3)cc21. The molecule has 0 bridgehead atoms. The summed E-state index contributed by atoms with van der Waals surface area (Å²) in [6, 6.07) is 50.8. The molecule has 0 saturated carbocycles. The molecule has 13 aromatic rings. The molecule has 7 aliphatic rings. The van der Waals surface area contributed by atoms with E-state index in [-0.39, 0.29) is 41.4 Å². The van der Waals surface area contributed by atoms with Crippen molar-refractivity contribution in [3.05, 3.63) is 307 Å². The molecular weight excluding hydrogens is 1770 g/mol. The highest BCUT2D eigenvalue weighted by molar-refractivity contribution is 7.18. The van der Waals surface area contributed by atoms with Crippen molar-refractivity contribution in [3.63, 3.8) is 0 Å². The number of carbonyl (C=O) groups is 5. The van der Waals surface area contributed by atoms with Gasteiger partial charge in [0.15, 0.2) is 10.3 Å². The molecule has 20 rings (SSSR count). The van der Waals surface area contributed by atoms with Crippen molar-refractivity contribution >= 4 is 143 Å². The number of pyridine rings is 1. The van der Waals surface area contributed by atoms with Crippen molar-refractivity contribution in [3.8, 4) is 32.2 Å². The molecule has 125 heavy (non-hydrogen) atoms.